The molecule has 0 aromatic heterocycles. The van der Waals surface area contributed by atoms with Crippen LogP contribution in [-0.4, -0.2) is 11.1 Å². The first-order valence-corrected chi connectivity index (χ1v) is 7.75. The molecule has 4 nitrogen and oxygen atoms in total. The van der Waals surface area contributed by atoms with Crippen molar-refractivity contribution in [2.45, 2.75) is 25.4 Å². The van der Waals surface area contributed by atoms with Gasteiger partial charge in [-0.1, -0.05) is 11.6 Å². The van der Waals surface area contributed by atoms with Gasteiger partial charge in [-0.3, -0.25) is 0 Å². The Morgan fingerprint density at radius 3 is 2.75 bits per heavy atom. The number of rotatable bonds is 5. The number of halogens is 2. The molecule has 1 fully saturated rings. The third kappa shape index (κ3) is 3.34. The fourth-order valence-electron chi connectivity index (χ4n) is 2.57. The predicted molar refractivity (Wildman–Crippen MR) is 85.8 cm³/mol. The number of nitrogens with zero attached hydrogens (tertiary/aromatic N) is 1. The first-order chi connectivity index (χ1) is 11.5. The zero-order valence-corrected chi connectivity index (χ0v) is 13.3. The van der Waals surface area contributed by atoms with Crippen molar-refractivity contribution in [1.29, 1.82) is 5.26 Å². The summed E-state index contributed by atoms with van der Waals surface area (Å²) in [6.45, 7) is 0.0545. The van der Waals surface area contributed by atoms with E-state index in [1.54, 1.807) is 12.1 Å². The smallest absolute Gasteiger partial charge is 0.338 e. The van der Waals surface area contributed by atoms with Crippen LogP contribution < -0.4 is 4.74 Å². The summed E-state index contributed by atoms with van der Waals surface area (Å²) < 4.78 is 19.6. The van der Waals surface area contributed by atoms with Crippen molar-refractivity contribution in [3.8, 4) is 11.8 Å². The molecule has 0 unspecified atom stereocenters. The highest BCUT2D eigenvalue weighted by Crippen LogP contribution is 2.42. The molecule has 6 heteroatoms. The third-order valence-corrected chi connectivity index (χ3v) is 4.16. The Bertz CT molecular complexity index is 856. The molecule has 1 aliphatic rings. The highest BCUT2D eigenvalue weighted by Gasteiger charge is 2.28. The lowest BCUT2D eigenvalue weighted by atomic mass is 10.00. The van der Waals surface area contributed by atoms with Crippen molar-refractivity contribution in [1.82, 2.24) is 0 Å². The average molecular weight is 346 g/mol. The number of hydrogen-bond acceptors (Lipinski definition) is 3. The van der Waals surface area contributed by atoms with E-state index in [4.69, 9.17) is 26.7 Å². The summed E-state index contributed by atoms with van der Waals surface area (Å²) in [5, 5.41) is 18.6. The minimum Gasteiger partial charge on any atom is -0.488 e. The highest BCUT2D eigenvalue weighted by atomic mass is 35.5. The summed E-state index contributed by atoms with van der Waals surface area (Å²) in [6, 6.07) is 9.27. The Hall–Kier alpha value is -2.58. The number of benzene rings is 2. The second-order valence-electron chi connectivity index (χ2n) is 5.65. The summed E-state index contributed by atoms with van der Waals surface area (Å²) in [4.78, 5) is 11.1. The van der Waals surface area contributed by atoms with Gasteiger partial charge in [-0.25, -0.2) is 9.18 Å². The number of nitriles is 1. The SMILES string of the molecule is N#Cc1cc(Cl)ccc1OCc1cc(F)c(C(=O)O)cc1C1CC1. The van der Waals surface area contributed by atoms with Gasteiger partial charge >= 0.3 is 5.97 Å². The van der Waals surface area contributed by atoms with Crippen molar-refractivity contribution >= 4 is 17.6 Å². The number of carbonyl (C=O) groups is 1. The number of carboxylic acids is 1. The monoisotopic (exact) mass is 345 g/mol. The first kappa shape index (κ1) is 16.3. The van der Waals surface area contributed by atoms with Crippen LogP contribution in [0.25, 0.3) is 0 Å². The normalized spacial score (nSPS) is 13.4. The maximum absolute atomic E-state index is 14.0. The average Bonchev–Trinajstić information content (AvgIpc) is 3.38. The predicted octanol–water partition coefficient (Wildman–Crippen LogP) is 4.51. The van der Waals surface area contributed by atoms with E-state index in [0.29, 0.717) is 16.3 Å². The van der Waals surface area contributed by atoms with Crippen LogP contribution in [-0.2, 0) is 6.61 Å². The van der Waals surface area contributed by atoms with Gasteiger partial charge in [-0.2, -0.15) is 5.26 Å². The molecule has 0 atom stereocenters. The fourth-order valence-corrected chi connectivity index (χ4v) is 2.74. The molecule has 2 aromatic carbocycles. The van der Waals surface area contributed by atoms with Crippen LogP contribution in [0, 0.1) is 17.1 Å². The van der Waals surface area contributed by atoms with Gasteiger partial charge in [0.1, 0.15) is 24.2 Å². The lowest BCUT2D eigenvalue weighted by Gasteiger charge is -2.13. The standard InChI is InChI=1S/C18H13ClFNO3/c19-13-3-4-17(11(5-13)8-21)24-9-12-6-16(20)15(18(22)23)7-14(12)10-1-2-10/h3-7,10H,1-2,9H2,(H,22,23). The number of hydrogen-bond donors (Lipinski definition) is 1. The number of carboxylic acid groups (broad SMARTS) is 1. The van der Waals surface area contributed by atoms with Crippen LogP contribution in [0.3, 0.4) is 0 Å². The largest absolute Gasteiger partial charge is 0.488 e. The molecule has 1 aliphatic carbocycles. The van der Waals surface area contributed by atoms with E-state index in [1.807, 2.05) is 6.07 Å². The van der Waals surface area contributed by atoms with Crippen molar-refractivity contribution in [2.75, 3.05) is 0 Å². The van der Waals surface area contributed by atoms with E-state index >= 15 is 0 Å². The van der Waals surface area contributed by atoms with E-state index in [0.717, 1.165) is 18.4 Å². The van der Waals surface area contributed by atoms with Crippen LogP contribution in [0.4, 0.5) is 4.39 Å². The van der Waals surface area contributed by atoms with Gasteiger partial charge in [0.05, 0.1) is 11.1 Å². The Morgan fingerprint density at radius 1 is 1.38 bits per heavy atom. The molecule has 1 N–H and O–H groups in total. The Balaban J connectivity index is 1.89. The van der Waals surface area contributed by atoms with E-state index < -0.39 is 11.8 Å². The lowest BCUT2D eigenvalue weighted by molar-refractivity contribution is 0.0691. The molecule has 1 saturated carbocycles. The van der Waals surface area contributed by atoms with Gasteiger partial charge in [0.2, 0.25) is 0 Å². The van der Waals surface area contributed by atoms with Crippen LogP contribution in [0.5, 0.6) is 5.75 Å². The van der Waals surface area contributed by atoms with Gasteiger partial charge in [0.15, 0.2) is 0 Å². The van der Waals surface area contributed by atoms with Gasteiger partial charge in [0, 0.05) is 5.02 Å². The number of aromatic carboxylic acids is 1. The zero-order chi connectivity index (χ0) is 17.3. The van der Waals surface area contributed by atoms with Crippen LogP contribution in [0.2, 0.25) is 5.02 Å². The van der Waals surface area contributed by atoms with Crippen molar-refractivity contribution < 1.29 is 19.0 Å². The van der Waals surface area contributed by atoms with Gasteiger partial charge < -0.3 is 9.84 Å². The fraction of sp³-hybridized carbons (Fsp3) is 0.222. The second kappa shape index (κ2) is 6.50. The summed E-state index contributed by atoms with van der Waals surface area (Å²) >= 11 is 5.84. The number of ether oxygens (including phenoxy) is 1. The first-order valence-electron chi connectivity index (χ1n) is 7.37. The molecule has 24 heavy (non-hydrogen) atoms. The second-order valence-corrected chi connectivity index (χ2v) is 6.09. The van der Waals surface area contributed by atoms with Crippen LogP contribution in [0.15, 0.2) is 30.3 Å². The molecule has 3 rings (SSSR count). The Morgan fingerprint density at radius 2 is 2.12 bits per heavy atom. The molecule has 0 bridgehead atoms. The molecule has 122 valence electrons. The lowest BCUT2D eigenvalue weighted by Crippen LogP contribution is -2.07. The van der Waals surface area contributed by atoms with E-state index in [-0.39, 0.29) is 23.7 Å². The Labute approximate surface area is 143 Å². The molecule has 0 aliphatic heterocycles. The maximum Gasteiger partial charge on any atom is 0.338 e. The van der Waals surface area contributed by atoms with Gasteiger partial charge in [-0.15, -0.1) is 0 Å². The van der Waals surface area contributed by atoms with E-state index in [1.165, 1.54) is 18.2 Å². The summed E-state index contributed by atoms with van der Waals surface area (Å²) in [7, 11) is 0. The minimum atomic E-state index is -1.29. The van der Waals surface area contributed by atoms with E-state index in [9.17, 15) is 9.18 Å². The third-order valence-electron chi connectivity index (χ3n) is 3.92. The van der Waals surface area contributed by atoms with Crippen molar-refractivity contribution in [3.05, 3.63) is 63.4 Å². The Kier molecular flexibility index (Phi) is 4.41. The molecule has 0 saturated heterocycles. The summed E-state index contributed by atoms with van der Waals surface area (Å²) in [5.41, 5.74) is 1.35. The maximum atomic E-state index is 14.0. The molecule has 0 amide bonds. The molecular weight excluding hydrogens is 333 g/mol. The van der Waals surface area contributed by atoms with Gasteiger partial charge in [0.25, 0.3) is 0 Å². The zero-order valence-electron chi connectivity index (χ0n) is 12.6. The molecule has 0 heterocycles. The highest BCUT2D eigenvalue weighted by molar-refractivity contribution is 6.30. The molecule has 0 spiro atoms. The molecular formula is C18H13ClFNO3. The van der Waals surface area contributed by atoms with Crippen LogP contribution >= 0.6 is 11.6 Å². The van der Waals surface area contributed by atoms with Gasteiger partial charge in [-0.05, 0) is 60.2 Å². The van der Waals surface area contributed by atoms with Crippen molar-refractivity contribution in [2.24, 2.45) is 0 Å². The molecule has 2 aromatic rings. The topological polar surface area (TPSA) is 70.3 Å². The van der Waals surface area contributed by atoms with Crippen LogP contribution in [0.1, 0.15) is 45.8 Å². The molecule has 0 radical (unpaired) electrons. The minimum absolute atomic E-state index is 0.0545. The van der Waals surface area contributed by atoms with Crippen molar-refractivity contribution in [3.63, 3.8) is 0 Å². The quantitative estimate of drug-likeness (QED) is 0.865. The summed E-state index contributed by atoms with van der Waals surface area (Å²) in [6.07, 6.45) is 1.89. The van der Waals surface area contributed by atoms with E-state index in [2.05, 4.69) is 0 Å². The summed E-state index contributed by atoms with van der Waals surface area (Å²) in [5.74, 6) is -1.48.